The predicted octanol–water partition coefficient (Wildman–Crippen LogP) is 2.58. The van der Waals surface area contributed by atoms with E-state index in [4.69, 9.17) is 4.74 Å². The van der Waals surface area contributed by atoms with Crippen LogP contribution in [0.3, 0.4) is 0 Å². The summed E-state index contributed by atoms with van der Waals surface area (Å²) in [5, 5.41) is 6.82. The van der Waals surface area contributed by atoms with Crippen molar-refractivity contribution < 1.29 is 14.3 Å². The van der Waals surface area contributed by atoms with Gasteiger partial charge in [-0.2, -0.15) is 5.10 Å². The first-order valence-corrected chi connectivity index (χ1v) is 10.0. The molecule has 30 heavy (non-hydrogen) atoms. The van der Waals surface area contributed by atoms with Gasteiger partial charge in [0.1, 0.15) is 5.69 Å². The van der Waals surface area contributed by atoms with Crippen LogP contribution in [0, 0.1) is 0 Å². The Morgan fingerprint density at radius 3 is 2.30 bits per heavy atom. The van der Waals surface area contributed by atoms with Crippen LogP contribution in [0.2, 0.25) is 0 Å². The van der Waals surface area contributed by atoms with Gasteiger partial charge in [0.05, 0.1) is 5.69 Å². The number of esters is 1. The Hall–Kier alpha value is -3.45. The second kappa shape index (κ2) is 9.37. The van der Waals surface area contributed by atoms with Gasteiger partial charge in [0, 0.05) is 38.3 Å². The Kier molecular flexibility index (Phi) is 6.20. The van der Waals surface area contributed by atoms with Crippen molar-refractivity contribution in [3.05, 3.63) is 78.0 Å². The molecule has 0 atom stereocenters. The number of hydrogen-bond acceptors (Lipinski definition) is 5. The molecule has 0 bridgehead atoms. The second-order valence-electron chi connectivity index (χ2n) is 7.25. The van der Waals surface area contributed by atoms with E-state index in [0.717, 1.165) is 25.2 Å². The van der Waals surface area contributed by atoms with E-state index in [1.807, 2.05) is 48.5 Å². The molecule has 2 heterocycles. The normalized spacial score (nSPS) is 14.5. The van der Waals surface area contributed by atoms with E-state index in [2.05, 4.69) is 27.2 Å². The summed E-state index contributed by atoms with van der Waals surface area (Å²) in [6.45, 7) is 3.47. The number of H-pyrrole nitrogens is 1. The van der Waals surface area contributed by atoms with Gasteiger partial charge in [0.2, 0.25) is 0 Å². The van der Waals surface area contributed by atoms with Crippen molar-refractivity contribution in [3.63, 3.8) is 0 Å². The summed E-state index contributed by atoms with van der Waals surface area (Å²) in [7, 11) is 0. The summed E-state index contributed by atoms with van der Waals surface area (Å²) in [5.41, 5.74) is 3.05. The molecule has 1 aliphatic rings. The second-order valence-corrected chi connectivity index (χ2v) is 7.25. The zero-order valence-electron chi connectivity index (χ0n) is 16.7. The summed E-state index contributed by atoms with van der Waals surface area (Å²) in [4.78, 5) is 28.8. The van der Waals surface area contributed by atoms with Crippen LogP contribution < -0.4 is 0 Å². The van der Waals surface area contributed by atoms with Crippen LogP contribution in [-0.2, 0) is 16.1 Å². The van der Waals surface area contributed by atoms with E-state index in [-0.39, 0.29) is 18.2 Å². The number of ether oxygens (including phenoxy) is 1. The molecule has 154 valence electrons. The Balaban J connectivity index is 1.23. The molecule has 0 spiro atoms. The number of hydrogen-bond donors (Lipinski definition) is 1. The molecule has 0 aliphatic carbocycles. The van der Waals surface area contributed by atoms with Crippen LogP contribution in [0.1, 0.15) is 16.1 Å². The van der Waals surface area contributed by atoms with Gasteiger partial charge in [-0.3, -0.25) is 14.8 Å². The first-order chi connectivity index (χ1) is 14.7. The van der Waals surface area contributed by atoms with Gasteiger partial charge in [-0.1, -0.05) is 60.7 Å². The third-order valence-corrected chi connectivity index (χ3v) is 5.17. The average molecular weight is 404 g/mol. The number of carbonyl (C=O) groups excluding carboxylic acids is 2. The maximum atomic E-state index is 12.4. The average Bonchev–Trinajstić information content (AvgIpc) is 3.30. The Morgan fingerprint density at radius 2 is 1.60 bits per heavy atom. The number of rotatable bonds is 6. The number of amides is 1. The van der Waals surface area contributed by atoms with Gasteiger partial charge >= 0.3 is 5.97 Å². The molecule has 1 aromatic heterocycles. The third-order valence-electron chi connectivity index (χ3n) is 5.17. The topological polar surface area (TPSA) is 78.5 Å². The van der Waals surface area contributed by atoms with Crippen molar-refractivity contribution in [1.82, 2.24) is 20.0 Å². The quantitative estimate of drug-likeness (QED) is 0.639. The van der Waals surface area contributed by atoms with Gasteiger partial charge in [0.15, 0.2) is 6.61 Å². The maximum absolute atomic E-state index is 12.4. The Morgan fingerprint density at radius 1 is 0.933 bits per heavy atom. The number of nitrogens with zero attached hydrogens (tertiary/aromatic N) is 3. The fourth-order valence-electron chi connectivity index (χ4n) is 3.48. The van der Waals surface area contributed by atoms with Crippen molar-refractivity contribution >= 4 is 11.9 Å². The molecule has 7 nitrogen and oxygen atoms in total. The first-order valence-electron chi connectivity index (χ1n) is 10.0. The predicted molar refractivity (Wildman–Crippen MR) is 113 cm³/mol. The van der Waals surface area contributed by atoms with E-state index < -0.39 is 5.97 Å². The van der Waals surface area contributed by atoms with E-state index in [1.54, 1.807) is 11.0 Å². The van der Waals surface area contributed by atoms with Gasteiger partial charge in [-0.05, 0) is 11.6 Å². The molecule has 2 aromatic carbocycles. The lowest BCUT2D eigenvalue weighted by Gasteiger charge is -2.34. The highest BCUT2D eigenvalue weighted by molar-refractivity contribution is 5.90. The van der Waals surface area contributed by atoms with Crippen molar-refractivity contribution in [3.8, 4) is 11.3 Å². The molecule has 1 aliphatic heterocycles. The minimum Gasteiger partial charge on any atom is -0.451 e. The molecule has 3 aromatic rings. The minimum absolute atomic E-state index is 0.175. The van der Waals surface area contributed by atoms with Gasteiger partial charge in [0.25, 0.3) is 5.91 Å². The highest BCUT2D eigenvalue weighted by Crippen LogP contribution is 2.17. The number of piperazine rings is 1. The van der Waals surface area contributed by atoms with Crippen molar-refractivity contribution in [2.24, 2.45) is 0 Å². The highest BCUT2D eigenvalue weighted by Gasteiger charge is 2.22. The third kappa shape index (κ3) is 4.93. The number of nitrogens with one attached hydrogen (secondary N) is 1. The SMILES string of the molecule is O=C(OCC(=O)N1CCN(Cc2ccccc2)CC1)c1cc(-c2ccccc2)n[nH]1. The molecule has 1 N–H and O–H groups in total. The molecule has 0 radical (unpaired) electrons. The summed E-state index contributed by atoms with van der Waals surface area (Å²) >= 11 is 0. The van der Waals surface area contributed by atoms with Crippen molar-refractivity contribution in [2.45, 2.75) is 6.54 Å². The number of carbonyl (C=O) groups is 2. The molecule has 1 saturated heterocycles. The van der Waals surface area contributed by atoms with Crippen molar-refractivity contribution in [1.29, 1.82) is 0 Å². The Bertz CT molecular complexity index is 980. The Labute approximate surface area is 175 Å². The summed E-state index contributed by atoms with van der Waals surface area (Å²) in [6, 6.07) is 21.5. The minimum atomic E-state index is -0.583. The zero-order valence-corrected chi connectivity index (χ0v) is 16.7. The van der Waals surface area contributed by atoms with E-state index in [9.17, 15) is 9.59 Å². The van der Waals surface area contributed by atoms with Crippen molar-refractivity contribution in [2.75, 3.05) is 32.8 Å². The molecule has 7 heteroatoms. The van der Waals surface area contributed by atoms with Crippen LogP contribution in [-0.4, -0.2) is 64.7 Å². The van der Waals surface area contributed by atoms with Crippen LogP contribution in [0.25, 0.3) is 11.3 Å². The summed E-state index contributed by atoms with van der Waals surface area (Å²) in [5.74, 6) is -0.758. The molecular weight excluding hydrogens is 380 g/mol. The van der Waals surface area contributed by atoms with E-state index in [1.165, 1.54) is 5.56 Å². The van der Waals surface area contributed by atoms with Crippen LogP contribution in [0.15, 0.2) is 66.7 Å². The fourth-order valence-corrected chi connectivity index (χ4v) is 3.48. The maximum Gasteiger partial charge on any atom is 0.356 e. The smallest absolute Gasteiger partial charge is 0.356 e. The summed E-state index contributed by atoms with van der Waals surface area (Å²) in [6.07, 6.45) is 0. The molecule has 0 unspecified atom stereocenters. The van der Waals surface area contributed by atoms with Crippen LogP contribution in [0.5, 0.6) is 0 Å². The van der Waals surface area contributed by atoms with Crippen LogP contribution >= 0.6 is 0 Å². The van der Waals surface area contributed by atoms with Gasteiger partial charge in [-0.15, -0.1) is 0 Å². The number of aromatic nitrogens is 2. The summed E-state index contributed by atoms with van der Waals surface area (Å²) < 4.78 is 5.20. The monoisotopic (exact) mass is 404 g/mol. The molecular formula is C23H24N4O3. The lowest BCUT2D eigenvalue weighted by molar-refractivity contribution is -0.136. The fraction of sp³-hybridized carbons (Fsp3) is 0.261. The number of aromatic amines is 1. The largest absolute Gasteiger partial charge is 0.451 e. The molecule has 1 fully saturated rings. The molecule has 1 amide bonds. The highest BCUT2D eigenvalue weighted by atomic mass is 16.5. The standard InChI is InChI=1S/C23H24N4O3/c28-22(27-13-11-26(12-14-27)16-18-7-3-1-4-8-18)17-30-23(29)21-15-20(24-25-21)19-9-5-2-6-10-19/h1-10,15H,11-14,16-17H2,(H,24,25). The zero-order chi connectivity index (χ0) is 20.8. The van der Waals surface area contributed by atoms with E-state index >= 15 is 0 Å². The van der Waals surface area contributed by atoms with E-state index in [0.29, 0.717) is 18.8 Å². The first kappa shape index (κ1) is 19.8. The lowest BCUT2D eigenvalue weighted by Crippen LogP contribution is -2.49. The molecule has 0 saturated carbocycles. The van der Waals surface area contributed by atoms with Crippen LogP contribution in [0.4, 0.5) is 0 Å². The van der Waals surface area contributed by atoms with Gasteiger partial charge in [-0.25, -0.2) is 4.79 Å². The number of benzene rings is 2. The lowest BCUT2D eigenvalue weighted by atomic mass is 10.1. The van der Waals surface area contributed by atoms with Gasteiger partial charge < -0.3 is 9.64 Å². The molecule has 4 rings (SSSR count).